The Balaban J connectivity index is 2.15. The van der Waals surface area contributed by atoms with Gasteiger partial charge in [0.05, 0.1) is 0 Å². The monoisotopic (exact) mass is 732 g/mol. The zero-order chi connectivity index (χ0) is 38.2. The normalized spacial score (nSPS) is 31.6. The molecule has 0 bridgehead atoms. The lowest BCUT2D eigenvalue weighted by molar-refractivity contribution is -0.368. The number of cyclic esters (lactones) is 1. The van der Waals surface area contributed by atoms with Gasteiger partial charge in [-0.1, -0.05) is 0 Å². The largest absolute Gasteiger partial charge is 0.463 e. The van der Waals surface area contributed by atoms with E-state index in [1.165, 1.54) is 6.92 Å². The summed E-state index contributed by atoms with van der Waals surface area (Å²) in [4.78, 5) is 97.2. The van der Waals surface area contributed by atoms with Crippen LogP contribution >= 0.6 is 0 Å². The summed E-state index contributed by atoms with van der Waals surface area (Å²) < 4.78 is 66.9. The first-order valence-electron chi connectivity index (χ1n) is 15.5. The number of rotatable bonds is 13. The maximum absolute atomic E-state index is 12.5. The van der Waals surface area contributed by atoms with Gasteiger partial charge >= 0.3 is 47.8 Å². The van der Waals surface area contributed by atoms with Crippen molar-refractivity contribution in [1.82, 2.24) is 0 Å². The van der Waals surface area contributed by atoms with E-state index in [2.05, 4.69) is 0 Å². The fourth-order valence-electron chi connectivity index (χ4n) is 5.33. The number of hydrogen-bond acceptors (Lipinski definition) is 20. The Morgan fingerprint density at radius 3 is 1.29 bits per heavy atom. The Hall–Kier alpha value is -4.66. The average molecular weight is 733 g/mol. The molecule has 2 fully saturated rings. The molecule has 0 saturated carbocycles. The molecule has 0 aromatic heterocycles. The fraction of sp³-hybridized carbons (Fsp3) is 0.677. The smallest absolute Gasteiger partial charge is 0.333 e. The van der Waals surface area contributed by atoms with E-state index in [0.717, 1.165) is 54.5 Å². The Kier molecular flexibility index (Phi) is 14.4. The molecule has 2 saturated heterocycles. The average Bonchev–Trinajstić information content (AvgIpc) is 3.31. The van der Waals surface area contributed by atoms with Crippen molar-refractivity contribution in [3.05, 3.63) is 11.6 Å². The van der Waals surface area contributed by atoms with Crippen LogP contribution in [0.3, 0.4) is 0 Å². The van der Waals surface area contributed by atoms with Gasteiger partial charge in [-0.25, -0.2) is 4.79 Å². The molecule has 3 aliphatic rings. The topological polar surface area (TPSA) is 247 Å². The second-order valence-corrected chi connectivity index (χ2v) is 11.5. The van der Waals surface area contributed by atoms with Gasteiger partial charge in [0.25, 0.3) is 0 Å². The van der Waals surface area contributed by atoms with Crippen molar-refractivity contribution >= 4 is 47.8 Å². The van der Waals surface area contributed by atoms with E-state index in [0.29, 0.717) is 5.57 Å². The third-order valence-electron chi connectivity index (χ3n) is 7.08. The van der Waals surface area contributed by atoms with Gasteiger partial charge in [0.1, 0.15) is 31.5 Å². The van der Waals surface area contributed by atoms with Crippen molar-refractivity contribution < 1.29 is 95.2 Å². The van der Waals surface area contributed by atoms with E-state index in [1.54, 1.807) is 0 Å². The molecule has 0 amide bonds. The molecule has 0 spiro atoms. The highest BCUT2D eigenvalue weighted by Gasteiger charge is 2.58. The Labute approximate surface area is 291 Å². The van der Waals surface area contributed by atoms with Gasteiger partial charge in [0.15, 0.2) is 36.8 Å². The van der Waals surface area contributed by atoms with Crippen LogP contribution in [0.25, 0.3) is 0 Å². The fourth-order valence-corrected chi connectivity index (χ4v) is 5.33. The first kappa shape index (κ1) is 40.8. The van der Waals surface area contributed by atoms with Crippen molar-refractivity contribution in [2.75, 3.05) is 13.2 Å². The molecule has 51 heavy (non-hydrogen) atoms. The van der Waals surface area contributed by atoms with E-state index in [-0.39, 0.29) is 0 Å². The van der Waals surface area contributed by atoms with Crippen LogP contribution in [0.15, 0.2) is 11.6 Å². The second-order valence-electron chi connectivity index (χ2n) is 11.5. The van der Waals surface area contributed by atoms with E-state index in [9.17, 15) is 38.4 Å². The molecule has 20 heteroatoms. The first-order valence-corrected chi connectivity index (χ1v) is 15.5. The summed E-state index contributed by atoms with van der Waals surface area (Å²) >= 11 is 0. The quantitative estimate of drug-likeness (QED) is 0.170. The van der Waals surface area contributed by atoms with Crippen LogP contribution < -0.4 is 0 Å². The van der Waals surface area contributed by atoms with Gasteiger partial charge in [-0.05, 0) is 6.92 Å². The Morgan fingerprint density at radius 1 is 0.529 bits per heavy atom. The number of carbonyl (C=O) groups is 8. The maximum Gasteiger partial charge on any atom is 0.333 e. The highest BCUT2D eigenvalue weighted by molar-refractivity contribution is 5.85. The second kappa shape index (κ2) is 18.0. The molecule has 20 nitrogen and oxygen atoms in total. The molecular formula is C31H40O20. The number of carbonyl (C=O) groups excluding carboxylic acids is 8. The lowest BCUT2D eigenvalue weighted by atomic mass is 9.96. The summed E-state index contributed by atoms with van der Waals surface area (Å²) in [5, 5.41) is 0. The van der Waals surface area contributed by atoms with Crippen molar-refractivity contribution in [3.63, 3.8) is 0 Å². The van der Waals surface area contributed by atoms with Crippen LogP contribution in [0.5, 0.6) is 0 Å². The highest BCUT2D eigenvalue weighted by Crippen LogP contribution is 2.36. The van der Waals surface area contributed by atoms with Crippen molar-refractivity contribution in [1.29, 1.82) is 0 Å². The standard InChI is InChI=1S/C31H40O20/c1-12-9-22(39)49-29(12)51-31-28(46-19(8)38)26(44-17(6)36)24(21(48-31)11-41-14(3)33)50-30-27(45-18(7)37)25(43-16(5)35)23(42-15(4)34)20(47-30)10-40-13(2)32/h9,20-21,23-31H,10-11H2,1-8H3/t20-,21-,23-,24-,25+,26+,27-,28-,29?,30+,31?/m1/s1. The first-order chi connectivity index (χ1) is 23.9. The van der Waals surface area contributed by atoms with Gasteiger partial charge in [-0.15, -0.1) is 0 Å². The highest BCUT2D eigenvalue weighted by atomic mass is 16.8. The molecule has 3 heterocycles. The Bertz CT molecular complexity index is 1390. The van der Waals surface area contributed by atoms with Gasteiger partial charge in [-0.3, -0.25) is 33.6 Å². The molecule has 0 N–H and O–H groups in total. The third kappa shape index (κ3) is 11.7. The predicted molar refractivity (Wildman–Crippen MR) is 158 cm³/mol. The number of ether oxygens (including phenoxy) is 12. The molecular weight excluding hydrogens is 692 g/mol. The maximum atomic E-state index is 12.5. The SMILES string of the molecule is CC(=O)OC[C@H]1O[C@@H](O[C@H]2[C@H](OC(C)=O)[C@@H](OC(C)=O)C(OC3OC(=O)C=C3C)O[C@@H]2COC(C)=O)[C@H](OC(C)=O)[C@@H](OC(C)=O)[C@@H]1OC(C)=O. The van der Waals surface area contributed by atoms with Gasteiger partial charge in [0.2, 0.25) is 12.6 Å². The minimum atomic E-state index is -1.84. The van der Waals surface area contributed by atoms with E-state index in [1.807, 2.05) is 0 Å². The van der Waals surface area contributed by atoms with Crippen LogP contribution in [-0.2, 0) is 95.2 Å². The van der Waals surface area contributed by atoms with Crippen molar-refractivity contribution in [3.8, 4) is 0 Å². The van der Waals surface area contributed by atoms with Crippen LogP contribution in [-0.4, -0.2) is 129 Å². The van der Waals surface area contributed by atoms with Crippen LogP contribution in [0.1, 0.15) is 55.4 Å². The number of esters is 8. The van der Waals surface area contributed by atoms with Crippen molar-refractivity contribution in [2.24, 2.45) is 0 Å². The summed E-state index contributed by atoms with van der Waals surface area (Å²) in [5.41, 5.74) is 0.307. The Morgan fingerprint density at radius 2 is 0.902 bits per heavy atom. The van der Waals surface area contributed by atoms with Crippen LogP contribution in [0.4, 0.5) is 0 Å². The molecule has 0 aliphatic carbocycles. The molecule has 3 rings (SSSR count). The predicted octanol–water partition coefficient (Wildman–Crippen LogP) is -0.548. The van der Waals surface area contributed by atoms with Gasteiger partial charge < -0.3 is 56.8 Å². The van der Waals surface area contributed by atoms with E-state index in [4.69, 9.17) is 56.8 Å². The van der Waals surface area contributed by atoms with Crippen LogP contribution in [0.2, 0.25) is 0 Å². The minimum absolute atomic E-state index is 0.307. The molecule has 11 atom stereocenters. The van der Waals surface area contributed by atoms with E-state index < -0.39 is 129 Å². The lowest BCUT2D eigenvalue weighted by Gasteiger charge is -2.48. The third-order valence-corrected chi connectivity index (χ3v) is 7.08. The van der Waals surface area contributed by atoms with Crippen molar-refractivity contribution in [2.45, 2.75) is 123 Å². The lowest BCUT2D eigenvalue weighted by Crippen LogP contribution is -2.67. The number of hydrogen-bond donors (Lipinski definition) is 0. The summed E-state index contributed by atoms with van der Waals surface area (Å²) in [6, 6.07) is 0. The molecule has 0 aromatic rings. The van der Waals surface area contributed by atoms with E-state index >= 15 is 0 Å². The zero-order valence-corrected chi connectivity index (χ0v) is 29.0. The summed E-state index contributed by atoms with van der Waals surface area (Å²) in [5.74, 6) is -6.86. The minimum Gasteiger partial charge on any atom is -0.463 e. The molecule has 0 radical (unpaired) electrons. The molecule has 2 unspecified atom stereocenters. The zero-order valence-electron chi connectivity index (χ0n) is 29.0. The molecule has 3 aliphatic heterocycles. The summed E-state index contributed by atoms with van der Waals surface area (Å²) in [7, 11) is 0. The van der Waals surface area contributed by atoms with Gasteiger partial charge in [0, 0.05) is 60.1 Å². The summed E-state index contributed by atoms with van der Waals surface area (Å²) in [6.45, 7) is 7.59. The summed E-state index contributed by atoms with van der Waals surface area (Å²) in [6.07, 6.45) is -16.5. The molecule has 0 aromatic carbocycles. The molecule has 284 valence electrons. The van der Waals surface area contributed by atoms with Gasteiger partial charge in [-0.2, -0.15) is 0 Å². The van der Waals surface area contributed by atoms with Crippen LogP contribution in [0, 0.1) is 0 Å².